The zero-order valence-electron chi connectivity index (χ0n) is 12.0. The molecule has 0 radical (unpaired) electrons. The third-order valence-corrected chi connectivity index (χ3v) is 4.69. The van der Waals surface area contributed by atoms with Crippen LogP contribution in [0, 0.1) is 0 Å². The molecule has 0 fully saturated rings. The van der Waals surface area contributed by atoms with E-state index in [9.17, 15) is 22.0 Å². The SMILES string of the molecule is CS(=O)(=O)c1cccc(C(=O)Nc2ccc(SC(F)F)cc2)c1. The molecule has 122 valence electrons. The standard InChI is InChI=1S/C15H13F2NO3S2/c1-23(20,21)13-4-2-3-10(9-13)14(19)18-11-5-7-12(8-6-11)22-15(16)17/h2-9,15H,1H3,(H,18,19). The van der Waals surface area contributed by atoms with Crippen molar-refractivity contribution in [2.24, 2.45) is 0 Å². The molecule has 2 rings (SSSR count). The van der Waals surface area contributed by atoms with Gasteiger partial charge in [-0.15, -0.1) is 0 Å². The zero-order chi connectivity index (χ0) is 17.0. The van der Waals surface area contributed by atoms with Crippen molar-refractivity contribution < 1.29 is 22.0 Å². The summed E-state index contributed by atoms with van der Waals surface area (Å²) in [7, 11) is -3.40. The zero-order valence-corrected chi connectivity index (χ0v) is 13.6. The largest absolute Gasteiger partial charge is 0.322 e. The Kier molecular flexibility index (Phi) is 5.38. The molecule has 0 aromatic heterocycles. The maximum absolute atomic E-state index is 12.2. The lowest BCUT2D eigenvalue weighted by molar-refractivity contribution is 0.102. The van der Waals surface area contributed by atoms with Crippen LogP contribution in [0.25, 0.3) is 0 Å². The van der Waals surface area contributed by atoms with Gasteiger partial charge < -0.3 is 5.32 Å². The molecule has 0 heterocycles. The Balaban J connectivity index is 2.13. The van der Waals surface area contributed by atoms with Crippen LogP contribution in [-0.4, -0.2) is 26.3 Å². The van der Waals surface area contributed by atoms with Crippen molar-refractivity contribution >= 4 is 33.2 Å². The highest BCUT2D eigenvalue weighted by molar-refractivity contribution is 7.99. The van der Waals surface area contributed by atoms with Crippen LogP contribution in [0.2, 0.25) is 0 Å². The van der Waals surface area contributed by atoms with Gasteiger partial charge in [-0.05, 0) is 42.5 Å². The first-order valence-electron chi connectivity index (χ1n) is 6.42. The van der Waals surface area contributed by atoms with Crippen molar-refractivity contribution in [2.75, 3.05) is 11.6 Å². The maximum Gasteiger partial charge on any atom is 0.288 e. The fraction of sp³-hybridized carbons (Fsp3) is 0.133. The average molecular weight is 357 g/mol. The predicted octanol–water partition coefficient (Wildman–Crippen LogP) is 3.66. The van der Waals surface area contributed by atoms with E-state index in [1.807, 2.05) is 0 Å². The van der Waals surface area contributed by atoms with Crippen LogP contribution in [0.5, 0.6) is 0 Å². The summed E-state index contributed by atoms with van der Waals surface area (Å²) >= 11 is 0.414. The summed E-state index contributed by atoms with van der Waals surface area (Å²) in [6, 6.07) is 11.6. The molecule has 4 nitrogen and oxygen atoms in total. The van der Waals surface area contributed by atoms with Gasteiger partial charge in [0.2, 0.25) is 0 Å². The summed E-state index contributed by atoms with van der Waals surface area (Å²) in [6.45, 7) is 0. The van der Waals surface area contributed by atoms with Gasteiger partial charge in [0, 0.05) is 22.4 Å². The highest BCUT2D eigenvalue weighted by Crippen LogP contribution is 2.26. The van der Waals surface area contributed by atoms with Crippen molar-refractivity contribution in [1.82, 2.24) is 0 Å². The number of carbonyl (C=O) groups is 1. The lowest BCUT2D eigenvalue weighted by atomic mass is 10.2. The minimum absolute atomic E-state index is 0.0498. The number of anilines is 1. The van der Waals surface area contributed by atoms with Crippen molar-refractivity contribution in [3.8, 4) is 0 Å². The van der Waals surface area contributed by atoms with Gasteiger partial charge in [-0.1, -0.05) is 17.8 Å². The fourth-order valence-electron chi connectivity index (χ4n) is 1.79. The Hall–Kier alpha value is -1.93. The van der Waals surface area contributed by atoms with E-state index in [1.165, 1.54) is 48.5 Å². The molecule has 0 aliphatic heterocycles. The Morgan fingerprint density at radius 2 is 1.78 bits per heavy atom. The Bertz CT molecular complexity index is 806. The molecule has 1 amide bonds. The average Bonchev–Trinajstić information content (AvgIpc) is 2.48. The molecule has 0 saturated heterocycles. The van der Waals surface area contributed by atoms with Crippen LogP contribution in [0.4, 0.5) is 14.5 Å². The lowest BCUT2D eigenvalue weighted by Gasteiger charge is -2.07. The Labute approximate surface area is 136 Å². The number of amides is 1. The topological polar surface area (TPSA) is 63.2 Å². The number of thioether (sulfide) groups is 1. The maximum atomic E-state index is 12.2. The number of rotatable bonds is 5. The van der Waals surface area contributed by atoms with E-state index in [0.717, 1.165) is 6.26 Å². The smallest absolute Gasteiger partial charge is 0.288 e. The highest BCUT2D eigenvalue weighted by Gasteiger charge is 2.12. The molecule has 0 atom stereocenters. The second kappa shape index (κ2) is 7.10. The number of carbonyl (C=O) groups excluding carboxylic acids is 1. The lowest BCUT2D eigenvalue weighted by Crippen LogP contribution is -2.12. The highest BCUT2D eigenvalue weighted by atomic mass is 32.2. The molecule has 0 aliphatic carbocycles. The molecule has 0 spiro atoms. The van der Waals surface area contributed by atoms with Crippen LogP contribution in [0.15, 0.2) is 58.3 Å². The van der Waals surface area contributed by atoms with Gasteiger partial charge in [-0.25, -0.2) is 8.42 Å². The third kappa shape index (κ3) is 5.04. The summed E-state index contributed by atoms with van der Waals surface area (Å²) in [5.41, 5.74) is 0.623. The Morgan fingerprint density at radius 1 is 1.13 bits per heavy atom. The Morgan fingerprint density at radius 3 is 2.35 bits per heavy atom. The van der Waals surface area contributed by atoms with Crippen LogP contribution >= 0.6 is 11.8 Å². The van der Waals surface area contributed by atoms with Crippen molar-refractivity contribution in [3.05, 3.63) is 54.1 Å². The summed E-state index contributed by atoms with van der Waals surface area (Å²) in [5.74, 6) is -2.99. The number of hydrogen-bond donors (Lipinski definition) is 1. The molecular weight excluding hydrogens is 344 g/mol. The second-order valence-corrected chi connectivity index (χ2v) is 7.74. The summed E-state index contributed by atoms with van der Waals surface area (Å²) in [4.78, 5) is 12.6. The molecule has 0 unspecified atom stereocenters. The third-order valence-electron chi connectivity index (χ3n) is 2.86. The monoisotopic (exact) mass is 357 g/mol. The molecule has 0 bridgehead atoms. The molecule has 23 heavy (non-hydrogen) atoms. The van der Waals surface area contributed by atoms with Gasteiger partial charge in [0.15, 0.2) is 9.84 Å². The normalized spacial score (nSPS) is 11.5. The van der Waals surface area contributed by atoms with Crippen molar-refractivity contribution in [1.29, 1.82) is 0 Å². The van der Waals surface area contributed by atoms with Gasteiger partial charge >= 0.3 is 0 Å². The molecular formula is C15H13F2NO3S2. The van der Waals surface area contributed by atoms with E-state index in [2.05, 4.69) is 5.32 Å². The number of nitrogens with one attached hydrogen (secondary N) is 1. The van der Waals surface area contributed by atoms with Gasteiger partial charge in [-0.3, -0.25) is 4.79 Å². The number of alkyl halides is 2. The van der Waals surface area contributed by atoms with Crippen molar-refractivity contribution in [2.45, 2.75) is 15.5 Å². The van der Waals surface area contributed by atoms with Gasteiger partial charge in [0.05, 0.1) is 4.90 Å². The molecule has 8 heteroatoms. The first-order chi connectivity index (χ1) is 10.8. The first-order valence-corrected chi connectivity index (χ1v) is 9.19. The van der Waals surface area contributed by atoms with Gasteiger partial charge in [0.25, 0.3) is 11.7 Å². The minimum Gasteiger partial charge on any atom is -0.322 e. The van der Waals surface area contributed by atoms with E-state index < -0.39 is 21.5 Å². The number of halogens is 2. The molecule has 1 N–H and O–H groups in total. The van der Waals surface area contributed by atoms with Crippen LogP contribution in [0.3, 0.4) is 0 Å². The van der Waals surface area contributed by atoms with E-state index in [-0.39, 0.29) is 10.5 Å². The van der Waals surface area contributed by atoms with Crippen LogP contribution in [-0.2, 0) is 9.84 Å². The van der Waals surface area contributed by atoms with Crippen LogP contribution in [0.1, 0.15) is 10.4 Å². The molecule has 2 aromatic carbocycles. The predicted molar refractivity (Wildman–Crippen MR) is 85.8 cm³/mol. The molecule has 2 aromatic rings. The quantitative estimate of drug-likeness (QED) is 0.830. The van der Waals surface area contributed by atoms with Gasteiger partial charge in [-0.2, -0.15) is 8.78 Å². The van der Waals surface area contributed by atoms with Gasteiger partial charge in [0.1, 0.15) is 0 Å². The second-order valence-electron chi connectivity index (χ2n) is 4.66. The van der Waals surface area contributed by atoms with Crippen LogP contribution < -0.4 is 5.32 Å². The van der Waals surface area contributed by atoms with E-state index in [4.69, 9.17) is 0 Å². The summed E-state index contributed by atoms with van der Waals surface area (Å²) in [5, 5.41) is 2.59. The summed E-state index contributed by atoms with van der Waals surface area (Å²) < 4.78 is 47.5. The van der Waals surface area contributed by atoms with E-state index in [1.54, 1.807) is 0 Å². The fourth-order valence-corrected chi connectivity index (χ4v) is 2.96. The van der Waals surface area contributed by atoms with Crippen molar-refractivity contribution in [3.63, 3.8) is 0 Å². The minimum atomic E-state index is -3.40. The first kappa shape index (κ1) is 17.4. The molecule has 0 aliphatic rings. The summed E-state index contributed by atoms with van der Waals surface area (Å²) in [6.07, 6.45) is 1.06. The van der Waals surface area contributed by atoms with E-state index >= 15 is 0 Å². The van der Waals surface area contributed by atoms with E-state index in [0.29, 0.717) is 22.3 Å². The number of benzene rings is 2. The number of hydrogen-bond acceptors (Lipinski definition) is 4. The number of sulfone groups is 1. The molecule has 0 saturated carbocycles.